The van der Waals surface area contributed by atoms with Gasteiger partial charge in [0.25, 0.3) is 10.0 Å². The standard InChI is InChI=1S/C15H12F21NO3S/c1-2-3-37(4-5-38)41(39,40)15(35,36)13(30,31)11(26,27)9(22,23)7(18,19)6(16,17)8(20,21)10(24,25)12(28,29)14(32,33)34/h38H,2-5H2,1H3. The highest BCUT2D eigenvalue weighted by molar-refractivity contribution is 7.90. The van der Waals surface area contributed by atoms with Crippen LogP contribution in [0.2, 0.25) is 0 Å². The molecule has 0 saturated heterocycles. The quantitative estimate of drug-likeness (QED) is 0.220. The molecule has 0 aromatic rings. The summed E-state index contributed by atoms with van der Waals surface area (Å²) in [6.07, 6.45) is -8.80. The first-order valence-corrected chi connectivity index (χ1v) is 11.0. The van der Waals surface area contributed by atoms with Crippen LogP contribution in [0, 0.1) is 0 Å². The lowest BCUT2D eigenvalue weighted by atomic mass is 9.87. The van der Waals surface area contributed by atoms with E-state index in [-0.39, 0.29) is 0 Å². The van der Waals surface area contributed by atoms with Crippen molar-refractivity contribution in [2.24, 2.45) is 0 Å². The molecule has 0 radical (unpaired) electrons. The average molecular weight is 685 g/mol. The van der Waals surface area contributed by atoms with Gasteiger partial charge in [-0.3, -0.25) is 0 Å². The molecule has 41 heavy (non-hydrogen) atoms. The third-order valence-electron chi connectivity index (χ3n) is 4.97. The van der Waals surface area contributed by atoms with Crippen molar-refractivity contribution in [1.29, 1.82) is 0 Å². The molecule has 1 N–H and O–H groups in total. The summed E-state index contributed by atoms with van der Waals surface area (Å²) in [5, 5.41) is 0.764. The maximum atomic E-state index is 14.1. The Morgan fingerprint density at radius 2 is 0.756 bits per heavy atom. The maximum absolute atomic E-state index is 14.1. The van der Waals surface area contributed by atoms with Crippen LogP contribution in [-0.2, 0) is 10.0 Å². The number of hydrogen-bond donors (Lipinski definition) is 1. The van der Waals surface area contributed by atoms with E-state index >= 15 is 0 Å². The molecular weight excluding hydrogens is 673 g/mol. The van der Waals surface area contributed by atoms with Crippen LogP contribution in [0.5, 0.6) is 0 Å². The third kappa shape index (κ3) is 5.05. The topological polar surface area (TPSA) is 57.6 Å². The summed E-state index contributed by atoms with van der Waals surface area (Å²) < 4.78 is 303. The maximum Gasteiger partial charge on any atom is 0.460 e. The smallest absolute Gasteiger partial charge is 0.395 e. The van der Waals surface area contributed by atoms with E-state index in [0.717, 1.165) is 6.92 Å². The van der Waals surface area contributed by atoms with Gasteiger partial charge in [0.05, 0.1) is 6.61 Å². The van der Waals surface area contributed by atoms with Gasteiger partial charge in [0.2, 0.25) is 0 Å². The van der Waals surface area contributed by atoms with Crippen LogP contribution in [-0.4, -0.2) is 96.3 Å². The van der Waals surface area contributed by atoms with Gasteiger partial charge in [0, 0.05) is 13.1 Å². The molecule has 0 bridgehead atoms. The summed E-state index contributed by atoms with van der Waals surface area (Å²) in [4.78, 5) is 0. The molecule has 0 aliphatic carbocycles. The Hall–Kier alpha value is -1.60. The minimum absolute atomic E-state index is 0.719. The summed E-state index contributed by atoms with van der Waals surface area (Å²) in [5.74, 6) is -72.4. The van der Waals surface area contributed by atoms with Crippen molar-refractivity contribution < 1.29 is 106 Å². The number of alkyl halides is 21. The van der Waals surface area contributed by atoms with E-state index in [0.29, 0.717) is 0 Å². The molecule has 0 spiro atoms. The molecule has 0 aliphatic heterocycles. The monoisotopic (exact) mass is 685 g/mol. The second-order valence-corrected chi connectivity index (χ2v) is 9.72. The van der Waals surface area contributed by atoms with Crippen LogP contribution in [0.1, 0.15) is 13.3 Å². The molecule has 0 saturated carbocycles. The van der Waals surface area contributed by atoms with Crippen LogP contribution < -0.4 is 0 Å². The van der Waals surface area contributed by atoms with Gasteiger partial charge in [-0.05, 0) is 6.42 Å². The fourth-order valence-electron chi connectivity index (χ4n) is 2.58. The van der Waals surface area contributed by atoms with Crippen molar-refractivity contribution in [2.45, 2.75) is 72.2 Å². The zero-order valence-electron chi connectivity index (χ0n) is 18.9. The van der Waals surface area contributed by atoms with Crippen LogP contribution in [0.25, 0.3) is 0 Å². The van der Waals surface area contributed by atoms with Gasteiger partial charge in [-0.2, -0.15) is 96.5 Å². The minimum Gasteiger partial charge on any atom is -0.395 e. The number of aliphatic hydroxyl groups is 1. The lowest BCUT2D eigenvalue weighted by Gasteiger charge is -2.44. The Balaban J connectivity index is 7.30. The molecule has 0 amide bonds. The highest BCUT2D eigenvalue weighted by Crippen LogP contribution is 2.66. The number of nitrogens with zero attached hydrogens (tertiary/aromatic N) is 1. The molecule has 0 aromatic carbocycles. The van der Waals surface area contributed by atoms with E-state index in [1.165, 1.54) is 0 Å². The van der Waals surface area contributed by atoms with E-state index < -0.39 is 99.3 Å². The molecule has 0 aliphatic rings. The van der Waals surface area contributed by atoms with E-state index in [4.69, 9.17) is 5.11 Å². The lowest BCUT2D eigenvalue weighted by molar-refractivity contribution is -0.472. The number of sulfonamides is 1. The van der Waals surface area contributed by atoms with Gasteiger partial charge < -0.3 is 5.11 Å². The molecule has 0 unspecified atom stereocenters. The summed E-state index contributed by atoms with van der Waals surface area (Å²) >= 11 is 0. The fraction of sp³-hybridized carbons (Fsp3) is 1.00. The highest BCUT2D eigenvalue weighted by Gasteiger charge is 2.98. The predicted molar refractivity (Wildman–Crippen MR) is 88.4 cm³/mol. The van der Waals surface area contributed by atoms with E-state index in [2.05, 4.69) is 0 Å². The van der Waals surface area contributed by atoms with Crippen molar-refractivity contribution in [1.82, 2.24) is 4.31 Å². The number of aliphatic hydroxyl groups excluding tert-OH is 1. The Morgan fingerprint density at radius 3 is 1.00 bits per heavy atom. The molecule has 248 valence electrons. The van der Waals surface area contributed by atoms with Crippen molar-refractivity contribution in [3.05, 3.63) is 0 Å². The first-order chi connectivity index (χ1) is 17.5. The minimum atomic E-state index is -9.37. The molecule has 0 aromatic heterocycles. The third-order valence-corrected chi connectivity index (χ3v) is 6.92. The van der Waals surface area contributed by atoms with Gasteiger partial charge in [0.1, 0.15) is 0 Å². The number of rotatable bonds is 14. The highest BCUT2D eigenvalue weighted by atomic mass is 32.2. The van der Waals surface area contributed by atoms with Crippen LogP contribution in [0.15, 0.2) is 0 Å². The Morgan fingerprint density at radius 1 is 0.488 bits per heavy atom. The second kappa shape index (κ2) is 10.5. The van der Waals surface area contributed by atoms with Crippen molar-refractivity contribution in [3.63, 3.8) is 0 Å². The Kier molecular flexibility index (Phi) is 10.1. The zero-order chi connectivity index (χ0) is 33.9. The van der Waals surface area contributed by atoms with Gasteiger partial charge in [-0.25, -0.2) is 8.42 Å². The van der Waals surface area contributed by atoms with E-state index in [1.54, 1.807) is 0 Å². The largest absolute Gasteiger partial charge is 0.460 e. The van der Waals surface area contributed by atoms with E-state index in [9.17, 15) is 101 Å². The molecule has 0 fully saturated rings. The summed E-state index contributed by atoms with van der Waals surface area (Å²) in [7, 11) is -7.54. The van der Waals surface area contributed by atoms with Crippen molar-refractivity contribution >= 4 is 10.0 Å². The summed E-state index contributed by atoms with van der Waals surface area (Å²) in [6.45, 7) is -3.93. The fourth-order valence-corrected chi connectivity index (χ4v) is 4.10. The SMILES string of the molecule is CCCN(CCO)S(=O)(=O)C(F)(F)C(F)(F)C(F)(F)C(F)(F)C(F)(F)C(F)(F)C(F)(F)C(F)(F)C(F)(F)C(F)(F)F. The molecule has 0 rings (SSSR count). The molecule has 26 heteroatoms. The molecule has 0 heterocycles. The molecule has 4 nitrogen and oxygen atoms in total. The summed E-state index contributed by atoms with van der Waals surface area (Å²) in [5.41, 5.74) is 0. The van der Waals surface area contributed by atoms with E-state index in [1.807, 2.05) is 0 Å². The predicted octanol–water partition coefficient (Wildman–Crippen LogP) is 6.26. The van der Waals surface area contributed by atoms with Gasteiger partial charge >= 0.3 is 58.8 Å². The molecule has 0 atom stereocenters. The zero-order valence-corrected chi connectivity index (χ0v) is 19.7. The second-order valence-electron chi connectivity index (χ2n) is 7.74. The number of halogens is 21. The first-order valence-electron chi connectivity index (χ1n) is 9.59. The van der Waals surface area contributed by atoms with Crippen LogP contribution in [0.3, 0.4) is 0 Å². The summed E-state index contributed by atoms with van der Waals surface area (Å²) in [6, 6.07) is 0. The van der Waals surface area contributed by atoms with Crippen LogP contribution in [0.4, 0.5) is 92.2 Å². The number of hydrogen-bond acceptors (Lipinski definition) is 3. The lowest BCUT2D eigenvalue weighted by Crippen LogP contribution is -2.77. The van der Waals surface area contributed by atoms with Gasteiger partial charge in [-0.15, -0.1) is 0 Å². The molecular formula is C15H12F21NO3S. The Labute approximate surface area is 213 Å². The van der Waals surface area contributed by atoms with Gasteiger partial charge in [-0.1, -0.05) is 6.92 Å². The Bertz CT molecular complexity index is 1030. The van der Waals surface area contributed by atoms with Crippen LogP contribution >= 0.6 is 0 Å². The average Bonchev–Trinajstić information content (AvgIpc) is 2.76. The van der Waals surface area contributed by atoms with Gasteiger partial charge in [0.15, 0.2) is 0 Å². The van der Waals surface area contributed by atoms with Crippen molar-refractivity contribution in [3.8, 4) is 0 Å². The van der Waals surface area contributed by atoms with Crippen molar-refractivity contribution in [2.75, 3.05) is 19.7 Å². The normalized spacial score (nSPS) is 16.5. The first kappa shape index (κ1) is 39.4.